The van der Waals surface area contributed by atoms with Crippen LogP contribution in [0.1, 0.15) is 50.7 Å². The summed E-state index contributed by atoms with van der Waals surface area (Å²) in [6, 6.07) is 5.38. The third kappa shape index (κ3) is 6.36. The molecule has 9 heteroatoms. The van der Waals surface area contributed by atoms with Crippen LogP contribution in [0, 0.1) is 40.8 Å². The molecule has 0 spiro atoms. The maximum absolute atomic E-state index is 14.7. The highest BCUT2D eigenvalue weighted by Gasteiger charge is 2.41. The molecule has 0 radical (unpaired) electrons. The Bertz CT molecular complexity index is 1180. The molecule has 0 saturated carbocycles. The normalized spacial score (nSPS) is 12.6. The minimum atomic E-state index is -4.72. The molecule has 0 heterocycles. The summed E-state index contributed by atoms with van der Waals surface area (Å²) in [7, 11) is 0. The van der Waals surface area contributed by atoms with Crippen molar-refractivity contribution in [1.29, 1.82) is 0 Å². The smallest absolute Gasteiger partial charge is 0.429 e. The quantitative estimate of drug-likeness (QED) is 0.193. The van der Waals surface area contributed by atoms with Gasteiger partial charge in [-0.05, 0) is 48.1 Å². The first-order valence-electron chi connectivity index (χ1n) is 11.4. The van der Waals surface area contributed by atoms with Crippen molar-refractivity contribution in [2.45, 2.75) is 52.1 Å². The maximum atomic E-state index is 14.7. The Kier molecular flexibility index (Phi) is 8.63. The number of rotatable bonds is 10. The second-order valence-corrected chi connectivity index (χ2v) is 8.73. The summed E-state index contributed by atoms with van der Waals surface area (Å²) in [5, 5.41) is 0. The van der Waals surface area contributed by atoms with Crippen LogP contribution in [0.25, 0.3) is 11.1 Å². The number of hydrogen-bond acceptors (Lipinski definition) is 1. The average Bonchev–Trinajstić information content (AvgIpc) is 2.76. The molecule has 0 aliphatic rings. The lowest BCUT2D eigenvalue weighted by atomic mass is 9.96. The zero-order chi connectivity index (χ0) is 26.6. The van der Waals surface area contributed by atoms with Crippen LogP contribution >= 0.6 is 0 Å². The van der Waals surface area contributed by atoms with Gasteiger partial charge in [0.05, 0.1) is 0 Å². The highest BCUT2D eigenvalue weighted by atomic mass is 19.3. The third-order valence-electron chi connectivity index (χ3n) is 5.82. The minimum absolute atomic E-state index is 0.109. The van der Waals surface area contributed by atoms with Gasteiger partial charge < -0.3 is 4.74 Å². The lowest BCUT2D eigenvalue weighted by Crippen LogP contribution is -2.25. The number of ether oxygens (including phenoxy) is 1. The van der Waals surface area contributed by atoms with E-state index in [1.807, 2.05) is 0 Å². The van der Waals surface area contributed by atoms with Gasteiger partial charge in [-0.1, -0.05) is 45.2 Å². The van der Waals surface area contributed by atoms with Gasteiger partial charge in [0.15, 0.2) is 17.5 Å². The van der Waals surface area contributed by atoms with Crippen molar-refractivity contribution in [1.82, 2.24) is 0 Å². The molecule has 0 aliphatic carbocycles. The highest BCUT2D eigenvalue weighted by Crippen LogP contribution is 2.38. The van der Waals surface area contributed by atoms with E-state index in [1.54, 1.807) is 6.07 Å². The standard InChI is InChI=1S/C27H24F8O/c1-3-5-15(2)6-4-7-16-8-9-19(20(28)10-16)17-11-21(29)25(22(30)12-17)27(34,35)36-18-13-23(31)26(33)24(32)14-18/h8-15H,3-7H2,1-2H3. The molecule has 3 aromatic carbocycles. The molecule has 1 atom stereocenters. The summed E-state index contributed by atoms with van der Waals surface area (Å²) in [4.78, 5) is 0. The van der Waals surface area contributed by atoms with E-state index >= 15 is 0 Å². The van der Waals surface area contributed by atoms with Crippen molar-refractivity contribution >= 4 is 0 Å². The van der Waals surface area contributed by atoms with Crippen LogP contribution in [0.2, 0.25) is 0 Å². The van der Waals surface area contributed by atoms with Gasteiger partial charge in [0.2, 0.25) is 0 Å². The zero-order valence-corrected chi connectivity index (χ0v) is 19.6. The van der Waals surface area contributed by atoms with Gasteiger partial charge in [-0.15, -0.1) is 0 Å². The van der Waals surface area contributed by atoms with Crippen LogP contribution in [0.15, 0.2) is 42.5 Å². The monoisotopic (exact) mass is 516 g/mol. The lowest BCUT2D eigenvalue weighted by molar-refractivity contribution is -0.189. The van der Waals surface area contributed by atoms with E-state index < -0.39 is 52.3 Å². The van der Waals surface area contributed by atoms with E-state index in [2.05, 4.69) is 18.6 Å². The van der Waals surface area contributed by atoms with E-state index in [1.165, 1.54) is 12.1 Å². The van der Waals surface area contributed by atoms with Crippen LogP contribution in [0.4, 0.5) is 35.1 Å². The fourth-order valence-corrected chi connectivity index (χ4v) is 4.04. The van der Waals surface area contributed by atoms with Crippen LogP contribution < -0.4 is 4.74 Å². The molecule has 0 aromatic heterocycles. The van der Waals surface area contributed by atoms with Gasteiger partial charge >= 0.3 is 6.11 Å². The molecule has 3 rings (SSSR count). The Hall–Kier alpha value is -3.10. The average molecular weight is 516 g/mol. The van der Waals surface area contributed by atoms with Crippen molar-refractivity contribution in [2.24, 2.45) is 5.92 Å². The van der Waals surface area contributed by atoms with Crippen LogP contribution in [0.3, 0.4) is 0 Å². The Labute approximate surface area is 203 Å². The van der Waals surface area contributed by atoms with E-state index in [0.717, 1.165) is 25.7 Å². The van der Waals surface area contributed by atoms with Crippen LogP contribution in [0.5, 0.6) is 5.75 Å². The molecule has 3 aromatic rings. The Morgan fingerprint density at radius 2 is 1.39 bits per heavy atom. The third-order valence-corrected chi connectivity index (χ3v) is 5.82. The summed E-state index contributed by atoms with van der Waals surface area (Å²) >= 11 is 0. The van der Waals surface area contributed by atoms with Crippen LogP contribution in [-0.4, -0.2) is 0 Å². The number of aryl methyl sites for hydroxylation is 1. The lowest BCUT2D eigenvalue weighted by Gasteiger charge is -2.20. The summed E-state index contributed by atoms with van der Waals surface area (Å²) in [6.45, 7) is 4.25. The topological polar surface area (TPSA) is 9.23 Å². The van der Waals surface area contributed by atoms with E-state index in [4.69, 9.17) is 0 Å². The SMILES string of the molecule is CCCC(C)CCCc1ccc(-c2cc(F)c(C(F)(F)Oc3cc(F)c(F)c(F)c3)c(F)c2)c(F)c1. The van der Waals surface area contributed by atoms with Gasteiger partial charge in [-0.2, -0.15) is 8.78 Å². The Morgan fingerprint density at radius 3 is 1.94 bits per heavy atom. The first kappa shape index (κ1) is 27.5. The molecule has 1 nitrogen and oxygen atoms in total. The minimum Gasteiger partial charge on any atom is -0.429 e. The van der Waals surface area contributed by atoms with Crippen molar-refractivity contribution in [3.63, 3.8) is 0 Å². The molecular formula is C27H24F8O. The number of halogens is 8. The number of hydrogen-bond donors (Lipinski definition) is 0. The summed E-state index contributed by atoms with van der Waals surface area (Å²) in [5.74, 6) is -10.5. The van der Waals surface area contributed by atoms with Crippen molar-refractivity contribution in [3.8, 4) is 16.9 Å². The van der Waals surface area contributed by atoms with Gasteiger partial charge in [0, 0.05) is 17.7 Å². The predicted molar refractivity (Wildman–Crippen MR) is 120 cm³/mol. The number of alkyl halides is 2. The van der Waals surface area contributed by atoms with Gasteiger partial charge in [-0.25, -0.2) is 26.3 Å². The molecule has 194 valence electrons. The maximum Gasteiger partial charge on any atom is 0.432 e. The summed E-state index contributed by atoms with van der Waals surface area (Å²) in [5.41, 5.74) is -1.69. The second kappa shape index (κ2) is 11.3. The molecule has 0 amide bonds. The van der Waals surface area contributed by atoms with Gasteiger partial charge in [0.1, 0.15) is 28.8 Å². The fourth-order valence-electron chi connectivity index (χ4n) is 4.04. The zero-order valence-electron chi connectivity index (χ0n) is 19.6. The van der Waals surface area contributed by atoms with Crippen molar-refractivity contribution in [2.75, 3.05) is 0 Å². The number of benzene rings is 3. The Balaban J connectivity index is 1.82. The summed E-state index contributed by atoms with van der Waals surface area (Å²) in [6.07, 6.45) is -0.112. The molecule has 0 saturated heterocycles. The van der Waals surface area contributed by atoms with E-state index in [-0.39, 0.29) is 23.3 Å². The van der Waals surface area contributed by atoms with E-state index in [0.29, 0.717) is 30.0 Å². The van der Waals surface area contributed by atoms with Gasteiger partial charge in [-0.3, -0.25) is 0 Å². The molecule has 0 fully saturated rings. The molecule has 0 aliphatic heterocycles. The Morgan fingerprint density at radius 1 is 0.778 bits per heavy atom. The predicted octanol–water partition coefficient (Wildman–Crippen LogP) is 9.08. The second-order valence-electron chi connectivity index (χ2n) is 8.73. The summed E-state index contributed by atoms with van der Waals surface area (Å²) < 4.78 is 117. The molecule has 1 unspecified atom stereocenters. The van der Waals surface area contributed by atoms with Crippen molar-refractivity contribution in [3.05, 3.63) is 88.5 Å². The largest absolute Gasteiger partial charge is 0.432 e. The highest BCUT2D eigenvalue weighted by molar-refractivity contribution is 5.65. The van der Waals surface area contributed by atoms with Gasteiger partial charge in [0.25, 0.3) is 0 Å². The molecule has 0 N–H and O–H groups in total. The van der Waals surface area contributed by atoms with Crippen LogP contribution in [-0.2, 0) is 12.5 Å². The molecule has 36 heavy (non-hydrogen) atoms. The van der Waals surface area contributed by atoms with Crippen molar-refractivity contribution < 1.29 is 39.9 Å². The first-order valence-corrected chi connectivity index (χ1v) is 11.4. The first-order chi connectivity index (χ1) is 16.9. The molecular weight excluding hydrogens is 492 g/mol. The van der Waals surface area contributed by atoms with E-state index in [9.17, 15) is 35.1 Å². The molecule has 0 bridgehead atoms. The fraction of sp³-hybridized carbons (Fsp3) is 0.333.